The van der Waals surface area contributed by atoms with Crippen molar-refractivity contribution in [3.05, 3.63) is 29.3 Å². The van der Waals surface area contributed by atoms with Crippen molar-refractivity contribution in [2.75, 3.05) is 44.2 Å². The quantitative estimate of drug-likeness (QED) is 0.199. The number of carbonyl (C=O) groups excluding carboxylic acids is 2. The standard InChI is InChI=1S/C32H44F2O8S2/c1-30(2,28(43(3)10-8-40-9-11-43)27(35)22-4-5-26-21(14-22)6-7-41-26)18-25-23-12-20-13-24(25)17-31(15-20,16-23)29(36)42-19-32(33,34)44(37,38)39/h4-5,14,20,23-25,28H,6-13,15-19H2,1-3H3,(H,37,38,39). The SMILES string of the molecule is CC(C)(CC1C2CC3CC1CC(C(=O)OCC(F)(F)S(=O)(=O)O)(C3)C2)C(C(=O)c1ccc2c(c1)CCO2)S1(C)CCOCC1. The Balaban J connectivity index is 1.23. The van der Waals surface area contributed by atoms with Gasteiger partial charge in [-0.15, -0.1) is 0 Å². The van der Waals surface area contributed by atoms with Gasteiger partial charge in [-0.3, -0.25) is 14.1 Å². The van der Waals surface area contributed by atoms with Gasteiger partial charge in [0.1, 0.15) is 5.75 Å². The number of halogens is 2. The number of fused-ring (bicyclic) bond motifs is 1. The van der Waals surface area contributed by atoms with Crippen LogP contribution in [-0.4, -0.2) is 79.4 Å². The van der Waals surface area contributed by atoms with Crippen molar-refractivity contribution in [2.45, 2.75) is 69.3 Å². The third kappa shape index (κ3) is 5.70. The number of esters is 1. The largest absolute Gasteiger partial charge is 0.493 e. The second-order valence-electron chi connectivity index (χ2n) is 14.8. The Bertz CT molecular complexity index is 1400. The monoisotopic (exact) mass is 658 g/mol. The van der Waals surface area contributed by atoms with Gasteiger partial charge in [0.25, 0.3) is 0 Å². The molecule has 3 atom stereocenters. The molecule has 1 aromatic rings. The molecule has 4 aliphatic carbocycles. The topological polar surface area (TPSA) is 116 Å². The summed E-state index contributed by atoms with van der Waals surface area (Å²) in [5, 5.41) is -4.72. The van der Waals surface area contributed by atoms with Crippen molar-refractivity contribution in [3.8, 4) is 5.75 Å². The second-order valence-corrected chi connectivity index (χ2v) is 20.4. The molecule has 0 amide bonds. The van der Waals surface area contributed by atoms with E-state index in [-0.39, 0.29) is 40.1 Å². The molecule has 3 unspecified atom stereocenters. The first-order chi connectivity index (χ1) is 20.5. The Labute approximate surface area is 260 Å². The van der Waals surface area contributed by atoms with Crippen LogP contribution in [0.15, 0.2) is 18.2 Å². The molecule has 0 radical (unpaired) electrons. The number of ketones is 1. The smallest absolute Gasteiger partial charge is 0.402 e. The average Bonchev–Trinajstić information content (AvgIpc) is 3.41. The first-order valence-corrected chi connectivity index (χ1v) is 19.5. The van der Waals surface area contributed by atoms with Crippen LogP contribution < -0.4 is 4.74 Å². The summed E-state index contributed by atoms with van der Waals surface area (Å²) in [6.07, 6.45) is 7.42. The summed E-state index contributed by atoms with van der Waals surface area (Å²) in [5.74, 6) is 2.97. The molecule has 1 aromatic carbocycles. The van der Waals surface area contributed by atoms with Crippen LogP contribution in [-0.2, 0) is 30.8 Å². The molecule has 8 nitrogen and oxygen atoms in total. The van der Waals surface area contributed by atoms with E-state index in [4.69, 9.17) is 18.8 Å². The molecule has 0 aromatic heterocycles. The number of ether oxygens (including phenoxy) is 3. The Morgan fingerprint density at radius 2 is 1.77 bits per heavy atom. The first kappa shape index (κ1) is 32.2. The molecule has 0 spiro atoms. The first-order valence-electron chi connectivity index (χ1n) is 15.7. The fourth-order valence-corrected chi connectivity index (χ4v) is 13.8. The predicted molar refractivity (Wildman–Crippen MR) is 163 cm³/mol. The molecule has 12 heteroatoms. The van der Waals surface area contributed by atoms with Crippen LogP contribution in [0.3, 0.4) is 0 Å². The van der Waals surface area contributed by atoms with Crippen LogP contribution in [0.1, 0.15) is 68.3 Å². The Kier molecular flexibility index (Phi) is 8.19. The van der Waals surface area contributed by atoms with Gasteiger partial charge in [-0.1, -0.05) is 13.8 Å². The average molecular weight is 659 g/mol. The summed E-state index contributed by atoms with van der Waals surface area (Å²) in [6, 6.07) is 5.84. The van der Waals surface area contributed by atoms with Crippen molar-refractivity contribution in [1.29, 1.82) is 0 Å². The van der Waals surface area contributed by atoms with E-state index in [2.05, 4.69) is 20.1 Å². The summed E-state index contributed by atoms with van der Waals surface area (Å²) in [5.41, 5.74) is 0.568. The lowest BCUT2D eigenvalue weighted by atomic mass is 9.45. The number of carbonyl (C=O) groups is 2. The van der Waals surface area contributed by atoms with E-state index in [1.807, 2.05) is 18.2 Å². The highest BCUT2D eigenvalue weighted by Crippen LogP contribution is 2.66. The lowest BCUT2D eigenvalue weighted by Crippen LogP contribution is -2.56. The van der Waals surface area contributed by atoms with E-state index in [9.17, 15) is 26.8 Å². The molecule has 44 heavy (non-hydrogen) atoms. The molecule has 2 heterocycles. The van der Waals surface area contributed by atoms with Crippen LogP contribution in [0.2, 0.25) is 0 Å². The number of alkyl halides is 2. The van der Waals surface area contributed by atoms with E-state index < -0.39 is 43.4 Å². The molecule has 1 saturated heterocycles. The van der Waals surface area contributed by atoms with Gasteiger partial charge in [0.05, 0.1) is 30.5 Å². The number of benzene rings is 1. The van der Waals surface area contributed by atoms with Crippen molar-refractivity contribution in [1.82, 2.24) is 0 Å². The van der Waals surface area contributed by atoms with Crippen molar-refractivity contribution < 1.29 is 45.6 Å². The highest BCUT2D eigenvalue weighted by atomic mass is 32.3. The van der Waals surface area contributed by atoms with E-state index in [0.717, 1.165) is 54.1 Å². The molecule has 7 rings (SSSR count). The van der Waals surface area contributed by atoms with E-state index >= 15 is 0 Å². The minimum atomic E-state index is -5.69. The Morgan fingerprint density at radius 1 is 1.11 bits per heavy atom. The normalized spacial score (nSPS) is 32.4. The molecule has 246 valence electrons. The number of Topliss-reactive ketones (excluding diaryl/α,β-unsaturated/α-hetero) is 1. The molecule has 6 aliphatic rings. The fourth-order valence-electron chi connectivity index (χ4n) is 9.62. The van der Waals surface area contributed by atoms with Gasteiger partial charge in [-0.2, -0.15) is 17.2 Å². The van der Waals surface area contributed by atoms with Gasteiger partial charge < -0.3 is 14.2 Å². The van der Waals surface area contributed by atoms with E-state index in [1.165, 1.54) is 0 Å². The van der Waals surface area contributed by atoms with Gasteiger partial charge in [-0.25, -0.2) is 10.0 Å². The zero-order chi connectivity index (χ0) is 31.7. The Hall–Kier alpha value is -1.76. The van der Waals surface area contributed by atoms with Crippen LogP contribution in [0.25, 0.3) is 0 Å². The predicted octanol–water partition coefficient (Wildman–Crippen LogP) is 5.52. The van der Waals surface area contributed by atoms with Gasteiger partial charge in [-0.05, 0) is 97.6 Å². The maximum absolute atomic E-state index is 14.6. The lowest BCUT2D eigenvalue weighted by Gasteiger charge is -2.61. The van der Waals surface area contributed by atoms with E-state index in [0.29, 0.717) is 39.1 Å². The van der Waals surface area contributed by atoms with Crippen LogP contribution in [0, 0.1) is 34.5 Å². The maximum Gasteiger partial charge on any atom is 0.402 e. The number of hydrogen-bond donors (Lipinski definition) is 1. The van der Waals surface area contributed by atoms with E-state index in [1.54, 1.807) is 0 Å². The number of hydrogen-bond acceptors (Lipinski definition) is 7. The van der Waals surface area contributed by atoms with Crippen molar-refractivity contribution in [3.63, 3.8) is 0 Å². The van der Waals surface area contributed by atoms with Crippen LogP contribution >= 0.6 is 10.0 Å². The van der Waals surface area contributed by atoms with Gasteiger partial charge in [0.15, 0.2) is 12.4 Å². The summed E-state index contributed by atoms with van der Waals surface area (Å²) >= 11 is 0. The van der Waals surface area contributed by atoms with Gasteiger partial charge in [0, 0.05) is 23.5 Å². The minimum absolute atomic E-state index is 0.168. The zero-order valence-electron chi connectivity index (χ0n) is 25.7. The summed E-state index contributed by atoms with van der Waals surface area (Å²) in [4.78, 5) is 27.8. The second kappa shape index (κ2) is 11.2. The highest BCUT2D eigenvalue weighted by molar-refractivity contribution is 8.34. The highest BCUT2D eigenvalue weighted by Gasteiger charge is 2.61. The van der Waals surface area contributed by atoms with Crippen molar-refractivity contribution >= 4 is 31.9 Å². The molecule has 4 bridgehead atoms. The molecule has 5 fully saturated rings. The molecule has 4 saturated carbocycles. The number of rotatable bonds is 10. The third-order valence-electron chi connectivity index (χ3n) is 11.3. The van der Waals surface area contributed by atoms with Crippen LogP contribution in [0.5, 0.6) is 5.75 Å². The van der Waals surface area contributed by atoms with Gasteiger partial charge >= 0.3 is 21.3 Å². The summed E-state index contributed by atoms with van der Waals surface area (Å²) in [6.45, 7) is 4.71. The van der Waals surface area contributed by atoms with Gasteiger partial charge in [0.2, 0.25) is 0 Å². The molecule has 2 aliphatic heterocycles. The molecular formula is C32H44F2O8S2. The summed E-state index contributed by atoms with van der Waals surface area (Å²) in [7, 11) is -7.04. The lowest BCUT2D eigenvalue weighted by molar-refractivity contribution is -0.183. The fraction of sp³-hybridized carbons (Fsp3) is 0.750. The summed E-state index contributed by atoms with van der Waals surface area (Å²) < 4.78 is 75.0. The third-order valence-corrected chi connectivity index (χ3v) is 16.4. The Morgan fingerprint density at radius 3 is 2.41 bits per heavy atom. The molecular weight excluding hydrogens is 614 g/mol. The minimum Gasteiger partial charge on any atom is -0.493 e. The zero-order valence-corrected chi connectivity index (χ0v) is 27.3. The maximum atomic E-state index is 14.6. The molecule has 1 N–H and O–H groups in total. The van der Waals surface area contributed by atoms with Crippen LogP contribution in [0.4, 0.5) is 8.78 Å². The van der Waals surface area contributed by atoms with Crippen molar-refractivity contribution in [2.24, 2.45) is 34.5 Å².